The van der Waals surface area contributed by atoms with Crippen molar-refractivity contribution in [3.8, 4) is 6.07 Å². The standard InChI is InChI=1S/C35H35Cl2F2N3O3/c1-19(2)31-41(22-13-10-20(11-14-22)33(44)45-6)32(43)30-28(23-8-7-9-25(37)29(23)39)35(18-40,24-15-12-21(36)16-26(24)38)27(42(30)31)17-34(3,4)5/h7-16,19,27-28,30-31H,17H2,1-6H3/t27-,28-,30+,31+,35-/m0/s1. The van der Waals surface area contributed by atoms with Crippen LogP contribution in [0.3, 0.4) is 0 Å². The first-order chi connectivity index (χ1) is 21.2. The Morgan fingerprint density at radius 1 is 1.09 bits per heavy atom. The summed E-state index contributed by atoms with van der Waals surface area (Å²) in [5.74, 6) is -3.66. The summed E-state index contributed by atoms with van der Waals surface area (Å²) in [7, 11) is 1.29. The van der Waals surface area contributed by atoms with Gasteiger partial charge in [-0.05, 0) is 65.8 Å². The van der Waals surface area contributed by atoms with E-state index in [1.54, 1.807) is 35.2 Å². The van der Waals surface area contributed by atoms with E-state index in [0.717, 1.165) is 6.07 Å². The molecule has 0 saturated carbocycles. The maximum atomic E-state index is 16.1. The zero-order valence-electron chi connectivity index (χ0n) is 25.9. The number of amides is 1. The maximum absolute atomic E-state index is 16.1. The second-order valence-corrected chi connectivity index (χ2v) is 14.1. The van der Waals surface area contributed by atoms with Crippen molar-refractivity contribution in [3.05, 3.63) is 99.0 Å². The molecule has 5 rings (SSSR count). The molecule has 2 heterocycles. The Morgan fingerprint density at radius 2 is 1.76 bits per heavy atom. The Morgan fingerprint density at radius 3 is 2.31 bits per heavy atom. The van der Waals surface area contributed by atoms with E-state index in [2.05, 4.69) is 6.07 Å². The summed E-state index contributed by atoms with van der Waals surface area (Å²) in [6.07, 6.45) is -0.210. The molecule has 5 atom stereocenters. The van der Waals surface area contributed by atoms with E-state index < -0.39 is 47.2 Å². The van der Waals surface area contributed by atoms with E-state index in [0.29, 0.717) is 17.7 Å². The van der Waals surface area contributed by atoms with Crippen molar-refractivity contribution < 1.29 is 23.1 Å². The molecule has 10 heteroatoms. The van der Waals surface area contributed by atoms with Crippen molar-refractivity contribution in [1.29, 1.82) is 5.26 Å². The number of rotatable bonds is 6. The smallest absolute Gasteiger partial charge is 0.337 e. The van der Waals surface area contributed by atoms with Crippen LogP contribution in [0.5, 0.6) is 0 Å². The van der Waals surface area contributed by atoms with Gasteiger partial charge in [0.05, 0.1) is 29.9 Å². The van der Waals surface area contributed by atoms with Crippen LogP contribution in [0.15, 0.2) is 60.7 Å². The molecule has 2 aliphatic rings. The largest absolute Gasteiger partial charge is 0.465 e. The number of halogens is 4. The fraction of sp³-hybridized carbons (Fsp3) is 0.400. The van der Waals surface area contributed by atoms with Crippen molar-refractivity contribution in [2.75, 3.05) is 12.0 Å². The number of nitriles is 1. The van der Waals surface area contributed by atoms with Crippen LogP contribution in [-0.2, 0) is 14.9 Å². The second kappa shape index (κ2) is 12.0. The van der Waals surface area contributed by atoms with Gasteiger partial charge in [-0.15, -0.1) is 0 Å². The molecule has 45 heavy (non-hydrogen) atoms. The minimum atomic E-state index is -1.71. The van der Waals surface area contributed by atoms with E-state index >= 15 is 8.78 Å². The first kappa shape index (κ1) is 32.9. The molecule has 0 radical (unpaired) electrons. The third-order valence-electron chi connectivity index (χ3n) is 8.92. The Hall–Kier alpha value is -3.51. The lowest BCUT2D eigenvalue weighted by molar-refractivity contribution is -0.119. The normalized spacial score (nSPS) is 25.0. The SMILES string of the molecule is COC(=O)c1ccc(N2C(=O)[C@H]3[C@H](c4cccc(Cl)c4F)[C@@](C#N)(c4ccc(Cl)cc4F)[C@H](CC(C)(C)C)N3[C@@H]2C(C)C)cc1. The number of nitrogens with zero attached hydrogens (tertiary/aromatic N) is 3. The van der Waals surface area contributed by atoms with Crippen LogP contribution in [0.4, 0.5) is 14.5 Å². The average Bonchev–Trinajstić information content (AvgIpc) is 3.42. The predicted octanol–water partition coefficient (Wildman–Crippen LogP) is 8.12. The van der Waals surface area contributed by atoms with Crippen LogP contribution >= 0.6 is 23.2 Å². The molecule has 0 bridgehead atoms. The highest BCUT2D eigenvalue weighted by atomic mass is 35.5. The highest BCUT2D eigenvalue weighted by Gasteiger charge is 2.70. The van der Waals surface area contributed by atoms with Crippen LogP contribution in [0, 0.1) is 34.3 Å². The highest BCUT2D eigenvalue weighted by molar-refractivity contribution is 6.31. The monoisotopic (exact) mass is 653 g/mol. The summed E-state index contributed by atoms with van der Waals surface area (Å²) >= 11 is 12.5. The van der Waals surface area contributed by atoms with Gasteiger partial charge in [0.2, 0.25) is 5.91 Å². The Kier molecular flexibility index (Phi) is 8.78. The van der Waals surface area contributed by atoms with E-state index in [-0.39, 0.29) is 38.4 Å². The van der Waals surface area contributed by atoms with Gasteiger partial charge in [-0.3, -0.25) is 14.6 Å². The number of anilines is 1. The number of hydrogen-bond donors (Lipinski definition) is 0. The molecular weight excluding hydrogens is 619 g/mol. The molecule has 6 nitrogen and oxygen atoms in total. The van der Waals surface area contributed by atoms with Crippen molar-refractivity contribution >= 4 is 40.8 Å². The Bertz CT molecular complexity index is 1680. The number of benzene rings is 3. The minimum Gasteiger partial charge on any atom is -0.465 e. The van der Waals surface area contributed by atoms with Gasteiger partial charge in [-0.2, -0.15) is 5.26 Å². The van der Waals surface area contributed by atoms with Crippen LogP contribution in [0.25, 0.3) is 0 Å². The summed E-state index contributed by atoms with van der Waals surface area (Å²) in [5, 5.41) is 11.3. The molecule has 2 fully saturated rings. The molecule has 0 N–H and O–H groups in total. The number of fused-ring (bicyclic) bond motifs is 1. The van der Waals surface area contributed by atoms with Gasteiger partial charge in [0.1, 0.15) is 23.1 Å². The topological polar surface area (TPSA) is 73.6 Å². The van der Waals surface area contributed by atoms with E-state index in [1.165, 1.54) is 31.4 Å². The lowest BCUT2D eigenvalue weighted by Crippen LogP contribution is -2.53. The van der Waals surface area contributed by atoms with Crippen molar-refractivity contribution in [3.63, 3.8) is 0 Å². The lowest BCUT2D eigenvalue weighted by atomic mass is 9.62. The second-order valence-electron chi connectivity index (χ2n) is 13.3. The third-order valence-corrected chi connectivity index (χ3v) is 9.45. The molecular formula is C35H35Cl2F2N3O3. The van der Waals surface area contributed by atoms with Gasteiger partial charge >= 0.3 is 5.97 Å². The zero-order valence-corrected chi connectivity index (χ0v) is 27.5. The van der Waals surface area contributed by atoms with Crippen LogP contribution < -0.4 is 4.90 Å². The molecule has 2 saturated heterocycles. The molecule has 0 aromatic heterocycles. The predicted molar refractivity (Wildman–Crippen MR) is 170 cm³/mol. The number of ether oxygens (including phenoxy) is 1. The maximum Gasteiger partial charge on any atom is 0.337 e. The van der Waals surface area contributed by atoms with Crippen LogP contribution in [-0.4, -0.2) is 42.1 Å². The summed E-state index contributed by atoms with van der Waals surface area (Å²) in [6.45, 7) is 9.98. The van der Waals surface area contributed by atoms with Crippen molar-refractivity contribution in [2.45, 2.75) is 70.6 Å². The number of esters is 1. The number of carbonyl (C=O) groups excluding carboxylic acids is 2. The van der Waals surface area contributed by atoms with E-state index in [1.807, 2.05) is 39.5 Å². The van der Waals surface area contributed by atoms with Crippen LogP contribution in [0.1, 0.15) is 68.4 Å². The number of carbonyl (C=O) groups is 2. The fourth-order valence-corrected chi connectivity index (χ4v) is 7.62. The van der Waals surface area contributed by atoms with E-state index in [9.17, 15) is 14.9 Å². The summed E-state index contributed by atoms with van der Waals surface area (Å²) < 4.78 is 37.1. The first-order valence-corrected chi connectivity index (χ1v) is 15.5. The highest BCUT2D eigenvalue weighted by Crippen LogP contribution is 2.60. The Balaban J connectivity index is 1.83. The molecule has 0 spiro atoms. The van der Waals surface area contributed by atoms with Gasteiger partial charge < -0.3 is 4.74 Å². The van der Waals surface area contributed by atoms with Crippen LogP contribution in [0.2, 0.25) is 10.0 Å². The lowest BCUT2D eigenvalue weighted by Gasteiger charge is -2.43. The minimum absolute atomic E-state index is 0.0479. The number of methoxy groups -OCH3 is 1. The van der Waals surface area contributed by atoms with Crippen molar-refractivity contribution in [2.24, 2.45) is 11.3 Å². The molecule has 2 aliphatic heterocycles. The first-order valence-electron chi connectivity index (χ1n) is 14.8. The summed E-state index contributed by atoms with van der Waals surface area (Å²) in [6, 6.07) is 15.8. The molecule has 3 aromatic rings. The fourth-order valence-electron chi connectivity index (χ4n) is 7.28. The molecule has 236 valence electrons. The van der Waals surface area contributed by atoms with Gasteiger partial charge in [0.15, 0.2) is 0 Å². The quantitative estimate of drug-likeness (QED) is 0.251. The summed E-state index contributed by atoms with van der Waals surface area (Å²) in [5.41, 5.74) is -1.14. The molecule has 0 aliphatic carbocycles. The molecule has 0 unspecified atom stereocenters. The van der Waals surface area contributed by atoms with Gasteiger partial charge in [-0.1, -0.05) is 76.0 Å². The average molecular weight is 655 g/mol. The third kappa shape index (κ3) is 5.39. The summed E-state index contributed by atoms with van der Waals surface area (Å²) in [4.78, 5) is 30.6. The van der Waals surface area contributed by atoms with Gasteiger partial charge in [-0.25, -0.2) is 13.6 Å². The molecule has 1 amide bonds. The Labute approximate surface area is 272 Å². The molecule has 3 aromatic carbocycles. The zero-order chi connectivity index (χ0) is 33.0. The van der Waals surface area contributed by atoms with Crippen molar-refractivity contribution in [1.82, 2.24) is 4.90 Å². The van der Waals surface area contributed by atoms with Gasteiger partial charge in [0.25, 0.3) is 0 Å². The van der Waals surface area contributed by atoms with E-state index in [4.69, 9.17) is 27.9 Å². The number of hydrogen-bond acceptors (Lipinski definition) is 5. The van der Waals surface area contributed by atoms with Gasteiger partial charge in [0, 0.05) is 28.2 Å².